The highest BCUT2D eigenvalue weighted by molar-refractivity contribution is 9.10. The van der Waals surface area contributed by atoms with E-state index in [1.807, 2.05) is 23.1 Å². The fourth-order valence-electron chi connectivity index (χ4n) is 2.52. The van der Waals surface area contributed by atoms with Gasteiger partial charge < -0.3 is 9.64 Å². The summed E-state index contributed by atoms with van der Waals surface area (Å²) >= 11 is 3.45. The monoisotopic (exact) mass is 325 g/mol. The second-order valence-electron chi connectivity index (χ2n) is 5.23. The van der Waals surface area contributed by atoms with E-state index in [1.165, 1.54) is 6.42 Å². The van der Waals surface area contributed by atoms with E-state index in [1.54, 1.807) is 7.11 Å². The lowest BCUT2D eigenvalue weighted by Gasteiger charge is -2.31. The second kappa shape index (κ2) is 6.42. The molecule has 1 atom stereocenters. The van der Waals surface area contributed by atoms with E-state index in [0.29, 0.717) is 12.3 Å². The van der Waals surface area contributed by atoms with Crippen LogP contribution in [0.3, 0.4) is 0 Å². The maximum absolute atomic E-state index is 12.3. The molecule has 19 heavy (non-hydrogen) atoms. The lowest BCUT2D eigenvalue weighted by molar-refractivity contribution is -0.132. The molecule has 0 N–H and O–H groups in total. The quantitative estimate of drug-likeness (QED) is 0.853. The average Bonchev–Trinajstić information content (AvgIpc) is 2.39. The van der Waals surface area contributed by atoms with Crippen LogP contribution in [0.4, 0.5) is 0 Å². The number of nitrogens with zero attached hydrogens (tertiary/aromatic N) is 1. The van der Waals surface area contributed by atoms with Crippen molar-refractivity contribution in [2.75, 3.05) is 20.2 Å². The minimum atomic E-state index is 0.226. The minimum absolute atomic E-state index is 0.226. The van der Waals surface area contributed by atoms with Crippen LogP contribution >= 0.6 is 15.9 Å². The Morgan fingerprint density at radius 3 is 2.95 bits per heavy atom. The molecule has 4 heteroatoms. The SMILES string of the molecule is COc1ccc(CC(=O)N2CCCC(C)C2)cc1Br. The highest BCUT2D eigenvalue weighted by Crippen LogP contribution is 2.26. The van der Waals surface area contributed by atoms with Crippen molar-refractivity contribution in [2.24, 2.45) is 5.92 Å². The number of hydrogen-bond donors (Lipinski definition) is 0. The van der Waals surface area contributed by atoms with Crippen LogP contribution in [0.2, 0.25) is 0 Å². The van der Waals surface area contributed by atoms with Crippen LogP contribution in [0.15, 0.2) is 22.7 Å². The first-order valence-corrected chi connectivity index (χ1v) is 7.49. The highest BCUT2D eigenvalue weighted by Gasteiger charge is 2.21. The van der Waals surface area contributed by atoms with Crippen LogP contribution in [0.1, 0.15) is 25.3 Å². The summed E-state index contributed by atoms with van der Waals surface area (Å²) in [5.74, 6) is 1.65. The predicted octanol–water partition coefficient (Wildman–Crippen LogP) is 3.26. The van der Waals surface area contributed by atoms with Gasteiger partial charge >= 0.3 is 0 Å². The van der Waals surface area contributed by atoms with Crippen molar-refractivity contribution in [2.45, 2.75) is 26.2 Å². The molecule has 2 rings (SSSR count). The number of piperidine rings is 1. The van der Waals surface area contributed by atoms with E-state index in [0.717, 1.165) is 35.3 Å². The lowest BCUT2D eigenvalue weighted by atomic mass is 9.99. The maximum atomic E-state index is 12.3. The third-order valence-electron chi connectivity index (χ3n) is 3.58. The van der Waals surface area contributed by atoms with Gasteiger partial charge in [-0.05, 0) is 52.4 Å². The van der Waals surface area contributed by atoms with Gasteiger partial charge in [-0.25, -0.2) is 0 Å². The van der Waals surface area contributed by atoms with E-state index in [2.05, 4.69) is 22.9 Å². The standard InChI is InChI=1S/C15H20BrNO2/c1-11-4-3-7-17(10-11)15(18)9-12-5-6-14(19-2)13(16)8-12/h5-6,8,11H,3-4,7,9-10H2,1-2H3. The summed E-state index contributed by atoms with van der Waals surface area (Å²) in [7, 11) is 1.64. The fourth-order valence-corrected chi connectivity index (χ4v) is 3.11. The van der Waals surface area contributed by atoms with Gasteiger partial charge in [-0.3, -0.25) is 4.79 Å². The van der Waals surface area contributed by atoms with Gasteiger partial charge in [0.05, 0.1) is 18.0 Å². The van der Waals surface area contributed by atoms with Crippen molar-refractivity contribution in [1.29, 1.82) is 0 Å². The van der Waals surface area contributed by atoms with Crippen LogP contribution in [0.25, 0.3) is 0 Å². The van der Waals surface area contributed by atoms with E-state index >= 15 is 0 Å². The van der Waals surface area contributed by atoms with Crippen molar-refractivity contribution >= 4 is 21.8 Å². The predicted molar refractivity (Wildman–Crippen MR) is 79.4 cm³/mol. The molecule has 1 aliphatic rings. The smallest absolute Gasteiger partial charge is 0.226 e. The summed E-state index contributed by atoms with van der Waals surface area (Å²) in [6, 6.07) is 5.81. The molecule has 0 bridgehead atoms. The number of amides is 1. The number of likely N-dealkylation sites (tertiary alicyclic amines) is 1. The normalized spacial score (nSPS) is 19.3. The zero-order valence-corrected chi connectivity index (χ0v) is 13.1. The number of carbonyl (C=O) groups excluding carboxylic acids is 1. The molecule has 1 aliphatic heterocycles. The van der Waals surface area contributed by atoms with E-state index < -0.39 is 0 Å². The van der Waals surface area contributed by atoms with Gasteiger partial charge in [0.25, 0.3) is 0 Å². The van der Waals surface area contributed by atoms with Gasteiger partial charge in [-0.15, -0.1) is 0 Å². The maximum Gasteiger partial charge on any atom is 0.226 e. The zero-order valence-electron chi connectivity index (χ0n) is 11.5. The summed E-state index contributed by atoms with van der Waals surface area (Å²) in [6.07, 6.45) is 2.83. The van der Waals surface area contributed by atoms with Crippen molar-refractivity contribution in [3.05, 3.63) is 28.2 Å². The Labute approximate surface area is 123 Å². The molecule has 0 radical (unpaired) electrons. The number of benzene rings is 1. The van der Waals surface area contributed by atoms with Crippen molar-refractivity contribution in [3.8, 4) is 5.75 Å². The molecule has 1 fully saturated rings. The second-order valence-corrected chi connectivity index (χ2v) is 6.09. The topological polar surface area (TPSA) is 29.5 Å². The molecule has 3 nitrogen and oxygen atoms in total. The number of ether oxygens (including phenoxy) is 1. The van der Waals surface area contributed by atoms with Crippen LogP contribution in [-0.4, -0.2) is 31.0 Å². The van der Waals surface area contributed by atoms with Crippen LogP contribution in [0.5, 0.6) is 5.75 Å². The summed E-state index contributed by atoms with van der Waals surface area (Å²) in [5.41, 5.74) is 1.02. The molecular weight excluding hydrogens is 306 g/mol. The van der Waals surface area contributed by atoms with E-state index in [4.69, 9.17) is 4.74 Å². The number of hydrogen-bond acceptors (Lipinski definition) is 2. The minimum Gasteiger partial charge on any atom is -0.496 e. The van der Waals surface area contributed by atoms with E-state index in [-0.39, 0.29) is 5.91 Å². The third kappa shape index (κ3) is 3.72. The first-order chi connectivity index (χ1) is 9.10. The molecule has 0 aliphatic carbocycles. The molecule has 1 amide bonds. The molecular formula is C15H20BrNO2. The van der Waals surface area contributed by atoms with Crippen molar-refractivity contribution in [3.63, 3.8) is 0 Å². The van der Waals surface area contributed by atoms with Gasteiger partial charge in [0.1, 0.15) is 5.75 Å². The largest absolute Gasteiger partial charge is 0.496 e. The number of halogens is 1. The molecule has 1 aromatic rings. The Morgan fingerprint density at radius 2 is 2.32 bits per heavy atom. The van der Waals surface area contributed by atoms with Gasteiger partial charge in [0.2, 0.25) is 5.91 Å². The van der Waals surface area contributed by atoms with Gasteiger partial charge in [0, 0.05) is 13.1 Å². The first kappa shape index (κ1) is 14.4. The summed E-state index contributed by atoms with van der Waals surface area (Å²) in [4.78, 5) is 14.3. The Bertz CT molecular complexity index is 461. The Hall–Kier alpha value is -1.03. The Morgan fingerprint density at radius 1 is 1.53 bits per heavy atom. The van der Waals surface area contributed by atoms with Crippen molar-refractivity contribution < 1.29 is 9.53 Å². The summed E-state index contributed by atoms with van der Waals surface area (Å²) in [6.45, 7) is 4.01. The summed E-state index contributed by atoms with van der Waals surface area (Å²) < 4.78 is 6.09. The Balaban J connectivity index is 2.00. The zero-order chi connectivity index (χ0) is 13.8. The molecule has 104 valence electrons. The number of rotatable bonds is 3. The fraction of sp³-hybridized carbons (Fsp3) is 0.533. The molecule has 0 aromatic heterocycles. The van der Waals surface area contributed by atoms with Gasteiger partial charge in [-0.2, -0.15) is 0 Å². The highest BCUT2D eigenvalue weighted by atomic mass is 79.9. The molecule has 1 heterocycles. The average molecular weight is 326 g/mol. The van der Waals surface area contributed by atoms with Gasteiger partial charge in [0.15, 0.2) is 0 Å². The van der Waals surface area contributed by atoms with Crippen molar-refractivity contribution in [1.82, 2.24) is 4.90 Å². The molecule has 0 spiro atoms. The van der Waals surface area contributed by atoms with Gasteiger partial charge in [-0.1, -0.05) is 13.0 Å². The number of carbonyl (C=O) groups is 1. The summed E-state index contributed by atoms with van der Waals surface area (Å²) in [5, 5.41) is 0. The van der Waals surface area contributed by atoms with E-state index in [9.17, 15) is 4.79 Å². The molecule has 0 saturated carbocycles. The molecule has 1 unspecified atom stereocenters. The van der Waals surface area contributed by atoms with Crippen LogP contribution in [0, 0.1) is 5.92 Å². The molecule has 1 saturated heterocycles. The number of methoxy groups -OCH3 is 1. The first-order valence-electron chi connectivity index (χ1n) is 6.70. The van der Waals surface area contributed by atoms with Crippen LogP contribution in [-0.2, 0) is 11.2 Å². The van der Waals surface area contributed by atoms with Crippen LogP contribution < -0.4 is 4.74 Å². The molecule has 1 aromatic carbocycles. The third-order valence-corrected chi connectivity index (χ3v) is 4.20. The Kier molecular flexibility index (Phi) is 4.86. The lowest BCUT2D eigenvalue weighted by Crippen LogP contribution is -2.39.